The Morgan fingerprint density at radius 1 is 1.19 bits per heavy atom. The number of carbonyl (C=O) groups excluding carboxylic acids is 3. The number of anilines is 1. The average molecular weight is 436 g/mol. The van der Waals surface area contributed by atoms with Crippen LogP contribution in [0, 0.1) is 6.92 Å². The van der Waals surface area contributed by atoms with Crippen LogP contribution in [-0.4, -0.2) is 41.9 Å². The third-order valence-electron chi connectivity index (χ3n) is 6.49. The molecule has 0 saturated carbocycles. The molecule has 2 aromatic rings. The van der Waals surface area contributed by atoms with Crippen molar-refractivity contribution in [1.29, 1.82) is 0 Å². The van der Waals surface area contributed by atoms with E-state index in [9.17, 15) is 14.4 Å². The summed E-state index contributed by atoms with van der Waals surface area (Å²) in [5.41, 5.74) is 2.56. The number of methoxy groups -OCH3 is 1. The van der Waals surface area contributed by atoms with Crippen LogP contribution >= 0.6 is 0 Å². The van der Waals surface area contributed by atoms with Gasteiger partial charge in [0.2, 0.25) is 11.8 Å². The molecule has 2 aromatic carbocycles. The first-order valence-corrected chi connectivity index (χ1v) is 11.0. The first kappa shape index (κ1) is 21.9. The molecule has 7 heteroatoms. The van der Waals surface area contributed by atoms with Crippen molar-refractivity contribution in [2.45, 2.75) is 51.7 Å². The van der Waals surface area contributed by atoms with E-state index < -0.39 is 5.66 Å². The van der Waals surface area contributed by atoms with E-state index in [0.29, 0.717) is 50.0 Å². The SMILES string of the molecule is COc1cc(CNC(=O)CCCN2C(=O)c3ccccc3N3C(=O)CCC23C)ccc1C. The maximum atomic E-state index is 13.2. The summed E-state index contributed by atoms with van der Waals surface area (Å²) < 4.78 is 5.33. The zero-order chi connectivity index (χ0) is 22.9. The number of carbonyl (C=O) groups is 3. The second-order valence-corrected chi connectivity index (χ2v) is 8.60. The molecule has 0 aromatic heterocycles. The average Bonchev–Trinajstić information content (AvgIpc) is 3.10. The van der Waals surface area contributed by atoms with E-state index in [4.69, 9.17) is 4.74 Å². The van der Waals surface area contributed by atoms with E-state index in [0.717, 1.165) is 16.9 Å². The number of hydrogen-bond acceptors (Lipinski definition) is 4. The second-order valence-electron chi connectivity index (χ2n) is 8.60. The van der Waals surface area contributed by atoms with Crippen molar-refractivity contribution in [3.63, 3.8) is 0 Å². The molecule has 0 bridgehead atoms. The summed E-state index contributed by atoms with van der Waals surface area (Å²) in [5, 5.41) is 2.93. The standard InChI is InChI=1S/C25H29N3O4/c1-17-10-11-18(15-21(17)32-3)16-26-22(29)9-6-14-27-24(31)19-7-4-5-8-20(19)28-23(30)12-13-25(27,28)2/h4-5,7-8,10-11,15H,6,9,12-14,16H2,1-3H3,(H,26,29). The van der Waals surface area contributed by atoms with Crippen LogP contribution in [0.3, 0.4) is 0 Å². The first-order valence-electron chi connectivity index (χ1n) is 11.0. The van der Waals surface area contributed by atoms with Crippen molar-refractivity contribution >= 4 is 23.4 Å². The first-order chi connectivity index (χ1) is 15.3. The molecular formula is C25H29N3O4. The number of benzene rings is 2. The van der Waals surface area contributed by atoms with Crippen LogP contribution < -0.4 is 15.0 Å². The molecule has 2 heterocycles. The van der Waals surface area contributed by atoms with Crippen molar-refractivity contribution < 1.29 is 19.1 Å². The van der Waals surface area contributed by atoms with Crippen LogP contribution in [0.25, 0.3) is 0 Å². The Morgan fingerprint density at radius 3 is 2.75 bits per heavy atom. The number of ether oxygens (including phenoxy) is 1. The molecule has 1 atom stereocenters. The lowest BCUT2D eigenvalue weighted by atomic mass is 9.98. The van der Waals surface area contributed by atoms with E-state index in [1.54, 1.807) is 23.0 Å². The molecule has 32 heavy (non-hydrogen) atoms. The predicted octanol–water partition coefficient (Wildman–Crippen LogP) is 3.40. The molecule has 0 radical (unpaired) electrons. The maximum Gasteiger partial charge on any atom is 0.257 e. The van der Waals surface area contributed by atoms with Crippen molar-refractivity contribution in [2.75, 3.05) is 18.6 Å². The Hall–Kier alpha value is -3.35. The van der Waals surface area contributed by atoms with Gasteiger partial charge in [0.1, 0.15) is 11.4 Å². The monoisotopic (exact) mass is 435 g/mol. The summed E-state index contributed by atoms with van der Waals surface area (Å²) in [6, 6.07) is 13.1. The zero-order valence-corrected chi connectivity index (χ0v) is 18.8. The van der Waals surface area contributed by atoms with Gasteiger partial charge in [-0.15, -0.1) is 0 Å². The molecule has 4 rings (SSSR count). The van der Waals surface area contributed by atoms with Gasteiger partial charge in [-0.05, 0) is 56.0 Å². The van der Waals surface area contributed by atoms with E-state index in [1.807, 2.05) is 50.2 Å². The molecular weight excluding hydrogens is 406 g/mol. The molecule has 0 aliphatic carbocycles. The lowest BCUT2D eigenvalue weighted by molar-refractivity contribution is -0.121. The van der Waals surface area contributed by atoms with Crippen molar-refractivity contribution in [2.24, 2.45) is 0 Å². The Labute approximate surface area is 188 Å². The summed E-state index contributed by atoms with van der Waals surface area (Å²) in [7, 11) is 1.63. The van der Waals surface area contributed by atoms with Crippen LogP contribution in [-0.2, 0) is 16.1 Å². The summed E-state index contributed by atoms with van der Waals surface area (Å²) in [6.07, 6.45) is 1.83. The van der Waals surface area contributed by atoms with Crippen LogP contribution in [0.2, 0.25) is 0 Å². The number of rotatable bonds is 7. The number of amides is 3. The Balaban J connectivity index is 1.38. The molecule has 1 saturated heterocycles. The third kappa shape index (κ3) is 3.83. The summed E-state index contributed by atoms with van der Waals surface area (Å²) in [6.45, 7) is 4.75. The summed E-state index contributed by atoms with van der Waals surface area (Å²) >= 11 is 0. The highest BCUT2D eigenvalue weighted by atomic mass is 16.5. The Morgan fingerprint density at radius 2 is 1.97 bits per heavy atom. The predicted molar refractivity (Wildman–Crippen MR) is 121 cm³/mol. The number of hydrogen-bond donors (Lipinski definition) is 1. The molecule has 1 fully saturated rings. The van der Waals surface area contributed by atoms with Crippen molar-refractivity contribution in [1.82, 2.24) is 10.2 Å². The minimum absolute atomic E-state index is 0.0312. The van der Waals surface area contributed by atoms with Gasteiger partial charge in [-0.25, -0.2) is 0 Å². The Kier molecular flexibility index (Phi) is 5.91. The molecule has 1 N–H and O–H groups in total. The highest BCUT2D eigenvalue weighted by Gasteiger charge is 2.52. The smallest absolute Gasteiger partial charge is 0.257 e. The minimum atomic E-state index is -0.683. The highest BCUT2D eigenvalue weighted by Crippen LogP contribution is 2.44. The minimum Gasteiger partial charge on any atom is -0.496 e. The van der Waals surface area contributed by atoms with Gasteiger partial charge in [0.25, 0.3) is 5.91 Å². The zero-order valence-electron chi connectivity index (χ0n) is 18.8. The lowest BCUT2D eigenvalue weighted by Crippen LogP contribution is -2.62. The van der Waals surface area contributed by atoms with Crippen LogP contribution in [0.15, 0.2) is 42.5 Å². The number of aryl methyl sites for hydroxylation is 1. The molecule has 0 spiro atoms. The lowest BCUT2D eigenvalue weighted by Gasteiger charge is -2.48. The van der Waals surface area contributed by atoms with E-state index in [-0.39, 0.29) is 17.7 Å². The Bertz CT molecular complexity index is 1070. The third-order valence-corrected chi connectivity index (χ3v) is 6.49. The topological polar surface area (TPSA) is 79.0 Å². The number of fused-ring (bicyclic) bond motifs is 3. The normalized spacial score (nSPS) is 19.6. The quantitative estimate of drug-likeness (QED) is 0.723. The van der Waals surface area contributed by atoms with Gasteiger partial charge >= 0.3 is 0 Å². The van der Waals surface area contributed by atoms with Crippen LogP contribution in [0.4, 0.5) is 5.69 Å². The summed E-state index contributed by atoms with van der Waals surface area (Å²) in [5.74, 6) is 0.674. The van der Waals surface area contributed by atoms with E-state index >= 15 is 0 Å². The van der Waals surface area contributed by atoms with Gasteiger partial charge in [0, 0.05) is 25.9 Å². The van der Waals surface area contributed by atoms with E-state index in [2.05, 4.69) is 5.32 Å². The van der Waals surface area contributed by atoms with Crippen LogP contribution in [0.5, 0.6) is 5.75 Å². The van der Waals surface area contributed by atoms with Gasteiger partial charge in [0.15, 0.2) is 0 Å². The van der Waals surface area contributed by atoms with Crippen molar-refractivity contribution in [3.8, 4) is 5.75 Å². The van der Waals surface area contributed by atoms with E-state index in [1.165, 1.54) is 0 Å². The number of para-hydroxylation sites is 1. The summed E-state index contributed by atoms with van der Waals surface area (Å²) in [4.78, 5) is 41.8. The van der Waals surface area contributed by atoms with Gasteiger partial charge in [-0.1, -0.05) is 24.3 Å². The van der Waals surface area contributed by atoms with Crippen molar-refractivity contribution in [3.05, 3.63) is 59.2 Å². The molecule has 2 aliphatic heterocycles. The van der Waals surface area contributed by atoms with Gasteiger partial charge in [-0.2, -0.15) is 0 Å². The molecule has 3 amide bonds. The molecule has 2 aliphatic rings. The van der Waals surface area contributed by atoms with Crippen LogP contribution in [0.1, 0.15) is 54.1 Å². The number of nitrogens with one attached hydrogen (secondary N) is 1. The maximum absolute atomic E-state index is 13.2. The largest absolute Gasteiger partial charge is 0.496 e. The fourth-order valence-electron chi connectivity index (χ4n) is 4.70. The van der Waals surface area contributed by atoms with Gasteiger partial charge in [0.05, 0.1) is 18.4 Å². The highest BCUT2D eigenvalue weighted by molar-refractivity contribution is 6.10. The fourth-order valence-corrected chi connectivity index (χ4v) is 4.70. The van der Waals surface area contributed by atoms with Gasteiger partial charge in [-0.3, -0.25) is 19.3 Å². The molecule has 1 unspecified atom stereocenters. The molecule has 168 valence electrons. The fraction of sp³-hybridized carbons (Fsp3) is 0.400. The van der Waals surface area contributed by atoms with Gasteiger partial charge < -0.3 is 15.0 Å². The molecule has 7 nitrogen and oxygen atoms in total. The second kappa shape index (κ2) is 8.65. The number of nitrogens with zero attached hydrogens (tertiary/aromatic N) is 2.